The van der Waals surface area contributed by atoms with E-state index in [1.165, 1.54) is 0 Å². The highest BCUT2D eigenvalue weighted by Crippen LogP contribution is 2.08. The Morgan fingerprint density at radius 3 is 2.94 bits per heavy atom. The number of hydrogen-bond donors (Lipinski definition) is 2. The second kappa shape index (κ2) is 5.91. The summed E-state index contributed by atoms with van der Waals surface area (Å²) in [5.41, 5.74) is 6.73. The van der Waals surface area contributed by atoms with Crippen LogP contribution in [0.5, 0.6) is 0 Å². The SMILES string of the molecule is CSCC[C@H](N)C(=O)Nc1cc(C)n(C)n1. The molecule has 3 N–H and O–H groups in total. The van der Waals surface area contributed by atoms with Crippen LogP contribution < -0.4 is 11.1 Å². The third-order valence-corrected chi connectivity index (χ3v) is 2.98. The van der Waals surface area contributed by atoms with Gasteiger partial charge in [-0.25, -0.2) is 0 Å². The molecule has 1 rings (SSSR count). The van der Waals surface area contributed by atoms with Crippen LogP contribution in [0, 0.1) is 6.92 Å². The number of nitrogens with one attached hydrogen (secondary N) is 1. The Balaban J connectivity index is 2.50. The summed E-state index contributed by atoms with van der Waals surface area (Å²) in [6.07, 6.45) is 2.67. The molecule has 1 atom stereocenters. The van der Waals surface area contributed by atoms with Crippen LogP contribution in [0.4, 0.5) is 5.82 Å². The molecule has 0 aliphatic heterocycles. The smallest absolute Gasteiger partial charge is 0.242 e. The number of nitrogens with zero attached hydrogens (tertiary/aromatic N) is 2. The summed E-state index contributed by atoms with van der Waals surface area (Å²) < 4.78 is 1.71. The highest BCUT2D eigenvalue weighted by Gasteiger charge is 2.14. The topological polar surface area (TPSA) is 72.9 Å². The van der Waals surface area contributed by atoms with Crippen molar-refractivity contribution in [3.8, 4) is 0 Å². The molecular weight excluding hydrogens is 224 g/mol. The van der Waals surface area contributed by atoms with E-state index in [-0.39, 0.29) is 5.91 Å². The maximum Gasteiger partial charge on any atom is 0.242 e. The van der Waals surface area contributed by atoms with Gasteiger partial charge in [0.1, 0.15) is 0 Å². The number of carbonyl (C=O) groups is 1. The van der Waals surface area contributed by atoms with E-state index in [1.54, 1.807) is 16.4 Å². The van der Waals surface area contributed by atoms with Gasteiger partial charge in [0.05, 0.1) is 6.04 Å². The Kier molecular flexibility index (Phi) is 4.82. The Bertz CT molecular complexity index is 344. The molecule has 0 saturated heterocycles. The average molecular weight is 242 g/mol. The molecule has 1 heterocycles. The number of anilines is 1. The molecule has 0 radical (unpaired) electrons. The fourth-order valence-corrected chi connectivity index (χ4v) is 1.71. The number of thioether (sulfide) groups is 1. The van der Waals surface area contributed by atoms with Gasteiger partial charge in [-0.15, -0.1) is 0 Å². The molecule has 0 bridgehead atoms. The van der Waals surface area contributed by atoms with Crippen molar-refractivity contribution in [1.82, 2.24) is 9.78 Å². The predicted molar refractivity (Wildman–Crippen MR) is 67.5 cm³/mol. The first-order valence-corrected chi connectivity index (χ1v) is 6.50. The van der Waals surface area contributed by atoms with Crippen molar-refractivity contribution in [2.24, 2.45) is 12.8 Å². The first-order chi connectivity index (χ1) is 7.54. The van der Waals surface area contributed by atoms with E-state index in [0.29, 0.717) is 12.2 Å². The molecule has 16 heavy (non-hydrogen) atoms. The highest BCUT2D eigenvalue weighted by atomic mass is 32.2. The van der Waals surface area contributed by atoms with Gasteiger partial charge < -0.3 is 11.1 Å². The van der Waals surface area contributed by atoms with Crippen LogP contribution >= 0.6 is 11.8 Å². The summed E-state index contributed by atoms with van der Waals surface area (Å²) in [6.45, 7) is 1.93. The molecular formula is C10H18N4OS. The highest BCUT2D eigenvalue weighted by molar-refractivity contribution is 7.98. The van der Waals surface area contributed by atoms with E-state index >= 15 is 0 Å². The first kappa shape index (κ1) is 13.1. The van der Waals surface area contributed by atoms with Crippen molar-refractivity contribution in [2.75, 3.05) is 17.3 Å². The van der Waals surface area contributed by atoms with Crippen molar-refractivity contribution in [1.29, 1.82) is 0 Å². The number of nitrogens with two attached hydrogens (primary N) is 1. The van der Waals surface area contributed by atoms with Crippen LogP contribution in [-0.4, -0.2) is 33.7 Å². The van der Waals surface area contributed by atoms with Gasteiger partial charge in [-0.05, 0) is 25.4 Å². The molecule has 0 aliphatic carbocycles. The van der Waals surface area contributed by atoms with E-state index in [0.717, 1.165) is 11.4 Å². The van der Waals surface area contributed by atoms with E-state index in [2.05, 4.69) is 10.4 Å². The molecule has 90 valence electrons. The maximum absolute atomic E-state index is 11.6. The third-order valence-electron chi connectivity index (χ3n) is 2.33. The van der Waals surface area contributed by atoms with Gasteiger partial charge >= 0.3 is 0 Å². The molecule has 0 fully saturated rings. The summed E-state index contributed by atoms with van der Waals surface area (Å²) >= 11 is 1.68. The number of carbonyl (C=O) groups excluding carboxylic acids is 1. The van der Waals surface area contributed by atoms with Gasteiger partial charge in [-0.3, -0.25) is 9.48 Å². The van der Waals surface area contributed by atoms with Gasteiger partial charge in [0.25, 0.3) is 0 Å². The van der Waals surface area contributed by atoms with Crippen molar-refractivity contribution < 1.29 is 4.79 Å². The number of hydrogen-bond acceptors (Lipinski definition) is 4. The van der Waals surface area contributed by atoms with Crippen LogP contribution in [0.1, 0.15) is 12.1 Å². The summed E-state index contributed by atoms with van der Waals surface area (Å²) in [5.74, 6) is 1.27. The zero-order valence-corrected chi connectivity index (χ0v) is 10.7. The zero-order chi connectivity index (χ0) is 12.1. The number of amides is 1. The van der Waals surface area contributed by atoms with Gasteiger partial charge in [-0.1, -0.05) is 0 Å². The number of rotatable bonds is 5. The van der Waals surface area contributed by atoms with Crippen molar-refractivity contribution in [3.63, 3.8) is 0 Å². The quantitative estimate of drug-likeness (QED) is 0.799. The predicted octanol–water partition coefficient (Wildman–Crippen LogP) is 0.747. The standard InChI is InChI=1S/C10H18N4OS/c1-7-6-9(13-14(7)2)12-10(15)8(11)4-5-16-3/h6,8H,4-5,11H2,1-3H3,(H,12,13,15)/t8-/m0/s1. The van der Waals surface area contributed by atoms with E-state index < -0.39 is 6.04 Å². The number of aromatic nitrogens is 2. The monoisotopic (exact) mass is 242 g/mol. The van der Waals surface area contributed by atoms with Crippen molar-refractivity contribution in [2.45, 2.75) is 19.4 Å². The lowest BCUT2D eigenvalue weighted by molar-refractivity contribution is -0.117. The van der Waals surface area contributed by atoms with Crippen molar-refractivity contribution in [3.05, 3.63) is 11.8 Å². The Morgan fingerprint density at radius 2 is 2.44 bits per heavy atom. The lowest BCUT2D eigenvalue weighted by Gasteiger charge is -2.09. The van der Waals surface area contributed by atoms with Gasteiger partial charge in [0.2, 0.25) is 5.91 Å². The normalized spacial score (nSPS) is 12.5. The van der Waals surface area contributed by atoms with Crippen LogP contribution in [-0.2, 0) is 11.8 Å². The molecule has 0 unspecified atom stereocenters. The van der Waals surface area contributed by atoms with Crippen LogP contribution in [0.2, 0.25) is 0 Å². The summed E-state index contributed by atoms with van der Waals surface area (Å²) in [6, 6.07) is 1.36. The fraction of sp³-hybridized carbons (Fsp3) is 0.600. The number of aryl methyl sites for hydroxylation is 2. The lowest BCUT2D eigenvalue weighted by atomic mass is 10.2. The molecule has 1 aromatic heterocycles. The third kappa shape index (κ3) is 3.53. The Morgan fingerprint density at radius 1 is 1.75 bits per heavy atom. The van der Waals surface area contributed by atoms with Gasteiger partial charge in [0.15, 0.2) is 5.82 Å². The van der Waals surface area contributed by atoms with Crippen LogP contribution in [0.25, 0.3) is 0 Å². The Labute approximate surface area is 99.8 Å². The first-order valence-electron chi connectivity index (χ1n) is 5.10. The average Bonchev–Trinajstić information content (AvgIpc) is 2.54. The second-order valence-electron chi connectivity index (χ2n) is 3.67. The minimum absolute atomic E-state index is 0.174. The fourth-order valence-electron chi connectivity index (χ4n) is 1.22. The van der Waals surface area contributed by atoms with Gasteiger partial charge in [-0.2, -0.15) is 16.9 Å². The summed E-state index contributed by atoms with van der Waals surface area (Å²) in [4.78, 5) is 11.6. The molecule has 0 spiro atoms. The second-order valence-corrected chi connectivity index (χ2v) is 4.66. The molecule has 1 aromatic rings. The molecule has 1 amide bonds. The zero-order valence-electron chi connectivity index (χ0n) is 9.86. The van der Waals surface area contributed by atoms with Gasteiger partial charge in [0, 0.05) is 18.8 Å². The largest absolute Gasteiger partial charge is 0.320 e. The van der Waals surface area contributed by atoms with Crippen LogP contribution in [0.3, 0.4) is 0 Å². The molecule has 0 aliphatic rings. The Hall–Kier alpha value is -1.01. The van der Waals surface area contributed by atoms with E-state index in [9.17, 15) is 4.79 Å². The van der Waals surface area contributed by atoms with E-state index in [1.807, 2.05) is 26.3 Å². The minimum atomic E-state index is -0.463. The summed E-state index contributed by atoms with van der Waals surface area (Å²) in [5, 5.41) is 6.84. The maximum atomic E-state index is 11.6. The molecule has 6 heteroatoms. The van der Waals surface area contributed by atoms with Crippen LogP contribution in [0.15, 0.2) is 6.07 Å². The lowest BCUT2D eigenvalue weighted by Crippen LogP contribution is -2.36. The minimum Gasteiger partial charge on any atom is -0.320 e. The summed E-state index contributed by atoms with van der Waals surface area (Å²) in [7, 11) is 1.83. The van der Waals surface area contributed by atoms with E-state index in [4.69, 9.17) is 5.73 Å². The van der Waals surface area contributed by atoms with Crippen molar-refractivity contribution >= 4 is 23.5 Å². The molecule has 5 nitrogen and oxygen atoms in total. The molecule has 0 aromatic carbocycles. The molecule has 0 saturated carbocycles.